The molecular weight excluding hydrogens is 412 g/mol. The highest BCUT2D eigenvalue weighted by Gasteiger charge is 2.22. The molecule has 1 atom stereocenters. The highest BCUT2D eigenvalue weighted by atomic mass is 16.4. The Morgan fingerprint density at radius 2 is 1.78 bits per heavy atom. The Bertz CT molecular complexity index is 955. The zero-order valence-electron chi connectivity index (χ0n) is 18.3. The van der Waals surface area contributed by atoms with Crippen LogP contribution in [0.25, 0.3) is 10.9 Å². The van der Waals surface area contributed by atoms with E-state index in [1.54, 1.807) is 0 Å². The summed E-state index contributed by atoms with van der Waals surface area (Å²) in [6.07, 6.45) is 3.87. The van der Waals surface area contributed by atoms with Gasteiger partial charge in [0.15, 0.2) is 5.96 Å². The van der Waals surface area contributed by atoms with Crippen LogP contribution >= 0.6 is 0 Å². The van der Waals surface area contributed by atoms with E-state index in [9.17, 15) is 14.4 Å². The van der Waals surface area contributed by atoms with Gasteiger partial charge in [-0.2, -0.15) is 0 Å². The highest BCUT2D eigenvalue weighted by molar-refractivity contribution is 5.90. The second-order valence-electron chi connectivity index (χ2n) is 7.69. The van der Waals surface area contributed by atoms with Crippen LogP contribution in [-0.2, 0) is 27.9 Å². The number of benzene rings is 1. The molecule has 0 radical (unpaired) electrons. The number of hydrogen-bond donors (Lipinski definition) is 6. The van der Waals surface area contributed by atoms with E-state index in [2.05, 4.69) is 16.0 Å². The van der Waals surface area contributed by atoms with Crippen LogP contribution in [0, 0.1) is 5.41 Å². The number of nitrogens with zero attached hydrogens (tertiary/aromatic N) is 1. The van der Waals surface area contributed by atoms with Gasteiger partial charge in [-0.05, 0) is 30.9 Å². The molecule has 10 heteroatoms. The molecule has 0 aliphatic heterocycles. The van der Waals surface area contributed by atoms with E-state index in [1.165, 1.54) is 0 Å². The fraction of sp³-hybridized carbons (Fsp3) is 0.455. The molecule has 32 heavy (non-hydrogen) atoms. The van der Waals surface area contributed by atoms with E-state index >= 15 is 0 Å². The lowest BCUT2D eigenvalue weighted by molar-refractivity contribution is -0.137. The molecule has 0 bridgehead atoms. The fourth-order valence-corrected chi connectivity index (χ4v) is 3.49. The summed E-state index contributed by atoms with van der Waals surface area (Å²) in [5, 5.41) is 25.2. The number of carboxylic acids is 1. The van der Waals surface area contributed by atoms with Gasteiger partial charge in [0.25, 0.3) is 0 Å². The summed E-state index contributed by atoms with van der Waals surface area (Å²) in [6, 6.07) is 7.08. The molecule has 0 saturated carbocycles. The monoisotopic (exact) mass is 444 g/mol. The number of para-hydroxylation sites is 1. The van der Waals surface area contributed by atoms with Crippen LogP contribution in [-0.4, -0.2) is 52.5 Å². The average molecular weight is 445 g/mol. The lowest BCUT2D eigenvalue weighted by Crippen LogP contribution is -2.48. The molecule has 1 aromatic heterocycles. The van der Waals surface area contributed by atoms with Crippen molar-refractivity contribution in [3.8, 4) is 0 Å². The SMILES string of the molecule is Cn1cc(CC(NC(=O)CCCC(=O)O)C(=O)NCCCCNC(=N)N)c2ccccc21. The minimum absolute atomic E-state index is 0.0440. The lowest BCUT2D eigenvalue weighted by Gasteiger charge is -2.18. The predicted molar refractivity (Wildman–Crippen MR) is 122 cm³/mol. The summed E-state index contributed by atoms with van der Waals surface area (Å²) >= 11 is 0. The first-order valence-electron chi connectivity index (χ1n) is 10.7. The Labute approximate surface area is 187 Å². The maximum atomic E-state index is 12.9. The van der Waals surface area contributed by atoms with E-state index in [0.717, 1.165) is 22.9 Å². The third-order valence-electron chi connectivity index (χ3n) is 5.07. The summed E-state index contributed by atoms with van der Waals surface area (Å²) in [6.45, 7) is 0.976. The lowest BCUT2D eigenvalue weighted by atomic mass is 10.0. The molecule has 0 spiro atoms. The highest BCUT2D eigenvalue weighted by Crippen LogP contribution is 2.21. The first-order valence-corrected chi connectivity index (χ1v) is 10.7. The number of guanidine groups is 1. The molecule has 2 amide bonds. The van der Waals surface area contributed by atoms with E-state index in [4.69, 9.17) is 16.2 Å². The summed E-state index contributed by atoms with van der Waals surface area (Å²) < 4.78 is 1.98. The van der Waals surface area contributed by atoms with Crippen LogP contribution in [0.5, 0.6) is 0 Å². The van der Waals surface area contributed by atoms with Gasteiger partial charge in [-0.1, -0.05) is 18.2 Å². The first-order chi connectivity index (χ1) is 15.3. The van der Waals surface area contributed by atoms with Gasteiger partial charge >= 0.3 is 5.97 Å². The van der Waals surface area contributed by atoms with Crippen LogP contribution in [0.15, 0.2) is 30.5 Å². The number of aryl methyl sites for hydroxylation is 1. The molecular formula is C22H32N6O4. The third-order valence-corrected chi connectivity index (χ3v) is 5.07. The average Bonchev–Trinajstić information content (AvgIpc) is 3.05. The van der Waals surface area contributed by atoms with Gasteiger partial charge in [-0.3, -0.25) is 19.8 Å². The van der Waals surface area contributed by atoms with Crippen LogP contribution in [0.1, 0.15) is 37.7 Å². The maximum Gasteiger partial charge on any atom is 0.303 e. The molecule has 1 unspecified atom stereocenters. The van der Waals surface area contributed by atoms with E-state index in [-0.39, 0.29) is 37.0 Å². The molecule has 10 nitrogen and oxygen atoms in total. The quantitative estimate of drug-likeness (QED) is 0.152. The van der Waals surface area contributed by atoms with Gasteiger partial charge in [0.2, 0.25) is 11.8 Å². The van der Waals surface area contributed by atoms with Crippen LogP contribution < -0.4 is 21.7 Å². The molecule has 0 fully saturated rings. The van der Waals surface area contributed by atoms with Gasteiger partial charge < -0.3 is 31.4 Å². The van der Waals surface area contributed by atoms with Gasteiger partial charge in [0.05, 0.1) is 0 Å². The second-order valence-corrected chi connectivity index (χ2v) is 7.69. The largest absolute Gasteiger partial charge is 0.481 e. The van der Waals surface area contributed by atoms with Crippen molar-refractivity contribution in [1.82, 2.24) is 20.5 Å². The normalized spacial score (nSPS) is 11.7. The number of nitrogens with one attached hydrogen (secondary N) is 4. The number of rotatable bonds is 13. The zero-order chi connectivity index (χ0) is 23.5. The Kier molecular flexibility index (Phi) is 9.52. The molecule has 0 aliphatic carbocycles. The molecule has 0 aliphatic rings. The number of fused-ring (bicyclic) bond motifs is 1. The predicted octanol–water partition coefficient (Wildman–Crippen LogP) is 0.840. The van der Waals surface area contributed by atoms with Crippen molar-refractivity contribution < 1.29 is 19.5 Å². The van der Waals surface area contributed by atoms with Crippen molar-refractivity contribution in [1.29, 1.82) is 5.41 Å². The molecule has 1 heterocycles. The van der Waals surface area contributed by atoms with E-state index in [1.807, 2.05) is 42.1 Å². The standard InChI is InChI=1S/C22H32N6O4/c1-28-14-15(16-7-2-3-8-18(16)28)13-17(27-19(29)9-6-10-20(30)31)21(32)25-11-4-5-12-26-22(23)24/h2-3,7-8,14,17H,4-6,9-13H2,1H3,(H,25,32)(H,27,29)(H,30,31)(H4,23,24,26). The topological polar surface area (TPSA) is 162 Å². The summed E-state index contributed by atoms with van der Waals surface area (Å²) in [5.41, 5.74) is 7.21. The van der Waals surface area contributed by atoms with E-state index in [0.29, 0.717) is 25.9 Å². The smallest absolute Gasteiger partial charge is 0.303 e. The fourth-order valence-electron chi connectivity index (χ4n) is 3.49. The number of nitrogens with two attached hydrogens (primary N) is 1. The Hall–Kier alpha value is -3.56. The number of carbonyl (C=O) groups is 3. The summed E-state index contributed by atoms with van der Waals surface area (Å²) in [7, 11) is 1.93. The Morgan fingerprint density at radius 3 is 2.47 bits per heavy atom. The molecule has 0 saturated heterocycles. The minimum atomic E-state index is -0.956. The number of amides is 2. The van der Waals surface area contributed by atoms with Gasteiger partial charge in [-0.25, -0.2) is 0 Å². The maximum absolute atomic E-state index is 12.9. The number of aliphatic carboxylic acids is 1. The molecule has 174 valence electrons. The van der Waals surface area contributed by atoms with Gasteiger partial charge in [-0.15, -0.1) is 0 Å². The van der Waals surface area contributed by atoms with Crippen molar-refractivity contribution in [3.63, 3.8) is 0 Å². The first kappa shape index (κ1) is 24.7. The zero-order valence-corrected chi connectivity index (χ0v) is 18.3. The molecule has 1 aromatic carbocycles. The van der Waals surface area contributed by atoms with Crippen molar-refractivity contribution in [2.24, 2.45) is 12.8 Å². The Morgan fingerprint density at radius 1 is 1.09 bits per heavy atom. The number of hydrogen-bond acceptors (Lipinski definition) is 4. The molecule has 7 N–H and O–H groups in total. The van der Waals surface area contributed by atoms with Crippen molar-refractivity contribution >= 4 is 34.6 Å². The van der Waals surface area contributed by atoms with Crippen LogP contribution in [0.2, 0.25) is 0 Å². The summed E-state index contributed by atoms with van der Waals surface area (Å²) in [4.78, 5) is 35.9. The summed E-state index contributed by atoms with van der Waals surface area (Å²) in [5.74, 6) is -1.68. The number of carbonyl (C=O) groups excluding carboxylic acids is 2. The van der Waals surface area contributed by atoms with Gasteiger partial charge in [0, 0.05) is 56.5 Å². The van der Waals surface area contributed by atoms with E-state index < -0.39 is 12.0 Å². The van der Waals surface area contributed by atoms with Gasteiger partial charge in [0.1, 0.15) is 6.04 Å². The third kappa shape index (κ3) is 7.93. The minimum Gasteiger partial charge on any atom is -0.481 e. The molecule has 2 rings (SSSR count). The second kappa shape index (κ2) is 12.3. The van der Waals surface area contributed by atoms with Crippen LogP contribution in [0.3, 0.4) is 0 Å². The van der Waals surface area contributed by atoms with Crippen LogP contribution in [0.4, 0.5) is 0 Å². The number of unbranched alkanes of at least 4 members (excludes halogenated alkanes) is 1. The van der Waals surface area contributed by atoms with Crippen molar-refractivity contribution in [2.45, 2.75) is 44.6 Å². The number of aromatic nitrogens is 1. The molecule has 2 aromatic rings. The van der Waals surface area contributed by atoms with Crippen molar-refractivity contribution in [3.05, 3.63) is 36.0 Å². The van der Waals surface area contributed by atoms with Crippen molar-refractivity contribution in [2.75, 3.05) is 13.1 Å². The Balaban J connectivity index is 2.01. The number of carboxylic acid groups (broad SMARTS) is 1.